The van der Waals surface area contributed by atoms with Crippen molar-refractivity contribution in [3.63, 3.8) is 0 Å². The lowest BCUT2D eigenvalue weighted by molar-refractivity contribution is -0.143. The molecule has 0 aliphatic carbocycles. The molecule has 0 saturated carbocycles. The van der Waals surface area contributed by atoms with Gasteiger partial charge in [-0.05, 0) is 42.7 Å². The molecule has 0 radical (unpaired) electrons. The summed E-state index contributed by atoms with van der Waals surface area (Å²) in [6.07, 6.45) is -8.23. The van der Waals surface area contributed by atoms with Crippen LogP contribution >= 0.6 is 0 Å². The Bertz CT molecular complexity index is 1220. The van der Waals surface area contributed by atoms with E-state index in [1.54, 1.807) is 12.1 Å². The summed E-state index contributed by atoms with van der Waals surface area (Å²) < 4.78 is 79.9. The Morgan fingerprint density at radius 2 is 1.63 bits per heavy atom. The van der Waals surface area contributed by atoms with Gasteiger partial charge in [0.05, 0.1) is 16.8 Å². The molecule has 1 aliphatic heterocycles. The van der Waals surface area contributed by atoms with Gasteiger partial charge in [-0.25, -0.2) is 9.97 Å². The molecule has 184 valence electrons. The maximum absolute atomic E-state index is 13.6. The third kappa shape index (κ3) is 5.23. The first-order chi connectivity index (χ1) is 16.4. The first-order valence-electron chi connectivity index (χ1n) is 10.7. The number of nitrogens with one attached hydrogen (secondary N) is 1. The number of nitrogens with zero attached hydrogens (tertiary/aromatic N) is 3. The molecule has 0 atom stereocenters. The Labute approximate surface area is 196 Å². The number of benzene rings is 2. The summed E-state index contributed by atoms with van der Waals surface area (Å²) >= 11 is 0. The molecule has 2 aromatic carbocycles. The third-order valence-corrected chi connectivity index (χ3v) is 5.67. The van der Waals surface area contributed by atoms with Gasteiger partial charge >= 0.3 is 12.4 Å². The molecule has 1 aromatic heterocycles. The zero-order valence-corrected chi connectivity index (χ0v) is 18.5. The molecule has 4 rings (SSSR count). The lowest BCUT2D eigenvalue weighted by Gasteiger charge is -2.28. The number of halogens is 6. The van der Waals surface area contributed by atoms with E-state index in [1.807, 2.05) is 19.1 Å². The first kappa shape index (κ1) is 24.5. The van der Waals surface area contributed by atoms with Gasteiger partial charge in [0.2, 0.25) is 0 Å². The van der Waals surface area contributed by atoms with E-state index in [0.29, 0.717) is 36.4 Å². The maximum atomic E-state index is 13.6. The number of rotatable bonds is 3. The molecule has 0 unspecified atom stereocenters. The van der Waals surface area contributed by atoms with Crippen molar-refractivity contribution in [3.05, 3.63) is 76.6 Å². The Balaban J connectivity index is 1.78. The van der Waals surface area contributed by atoms with Gasteiger partial charge in [0.15, 0.2) is 0 Å². The summed E-state index contributed by atoms with van der Waals surface area (Å²) in [5.74, 6) is -0.329. The predicted octanol–water partition coefficient (Wildman–Crippen LogP) is 5.95. The van der Waals surface area contributed by atoms with Crippen LogP contribution in [-0.2, 0) is 18.9 Å². The fourth-order valence-corrected chi connectivity index (χ4v) is 3.98. The Morgan fingerprint density at radius 3 is 2.26 bits per heavy atom. The van der Waals surface area contributed by atoms with E-state index in [-0.39, 0.29) is 29.6 Å². The summed E-state index contributed by atoms with van der Waals surface area (Å²) in [7, 11) is 0. The average molecular weight is 494 g/mol. The fraction of sp³-hybridized carbons (Fsp3) is 0.292. The molecule has 1 N–H and O–H groups in total. The largest absolute Gasteiger partial charge is 0.416 e. The minimum absolute atomic E-state index is 0.0716. The van der Waals surface area contributed by atoms with Crippen LogP contribution in [0.2, 0.25) is 0 Å². The molecule has 1 amide bonds. The number of fused-ring (bicyclic) bond motifs is 1. The Hall–Kier alpha value is -3.63. The molecule has 0 saturated heterocycles. The van der Waals surface area contributed by atoms with Crippen molar-refractivity contribution in [1.29, 1.82) is 0 Å². The number of anilines is 1. The molecule has 1 aliphatic rings. The number of carbonyl (C=O) groups excluding carboxylic acids is 1. The average Bonchev–Trinajstić information content (AvgIpc) is 2.78. The van der Waals surface area contributed by atoms with Crippen molar-refractivity contribution >= 4 is 11.7 Å². The van der Waals surface area contributed by atoms with Gasteiger partial charge in [-0.3, -0.25) is 4.79 Å². The lowest BCUT2D eigenvalue weighted by Crippen LogP contribution is -2.36. The van der Waals surface area contributed by atoms with E-state index in [0.717, 1.165) is 5.56 Å². The monoisotopic (exact) mass is 494 g/mol. The number of aryl methyl sites for hydroxylation is 1. The van der Waals surface area contributed by atoms with E-state index in [1.165, 1.54) is 11.2 Å². The van der Waals surface area contributed by atoms with Crippen molar-refractivity contribution < 1.29 is 31.1 Å². The summed E-state index contributed by atoms with van der Waals surface area (Å²) in [5, 5.41) is 3.07. The molecular weight excluding hydrogens is 474 g/mol. The highest BCUT2D eigenvalue weighted by Crippen LogP contribution is 2.37. The second kappa shape index (κ2) is 9.20. The summed E-state index contributed by atoms with van der Waals surface area (Å²) in [6, 6.07) is 8.57. The minimum atomic E-state index is -4.97. The number of carbonyl (C=O) groups is 1. The minimum Gasteiger partial charge on any atom is -0.369 e. The molecule has 2 heterocycles. The van der Waals surface area contributed by atoms with Crippen LogP contribution in [0.3, 0.4) is 0 Å². The molecule has 11 heteroatoms. The highest BCUT2D eigenvalue weighted by atomic mass is 19.4. The van der Waals surface area contributed by atoms with Crippen LogP contribution < -0.4 is 5.32 Å². The summed E-state index contributed by atoms with van der Waals surface area (Å²) in [4.78, 5) is 23.3. The second-order valence-electron chi connectivity index (χ2n) is 8.18. The van der Waals surface area contributed by atoms with Crippen molar-refractivity contribution in [2.24, 2.45) is 0 Å². The topological polar surface area (TPSA) is 58.1 Å². The van der Waals surface area contributed by atoms with E-state index < -0.39 is 35.9 Å². The lowest BCUT2D eigenvalue weighted by atomic mass is 9.99. The van der Waals surface area contributed by atoms with Gasteiger partial charge in [0.25, 0.3) is 5.91 Å². The van der Waals surface area contributed by atoms with Crippen LogP contribution in [0.15, 0.2) is 48.8 Å². The van der Waals surface area contributed by atoms with Crippen LogP contribution in [0.4, 0.5) is 32.2 Å². The normalized spacial score (nSPS) is 14.7. The first-order valence-corrected chi connectivity index (χ1v) is 10.7. The van der Waals surface area contributed by atoms with E-state index in [4.69, 9.17) is 0 Å². The van der Waals surface area contributed by atoms with Gasteiger partial charge in [-0.2, -0.15) is 26.3 Å². The standard InChI is InChI=1S/C24H20F6N4O/c1-14-5-2-3-6-18(14)20-19-21(33-13-32-20)31-7-4-8-34(22(19)35)12-15-9-16(23(25,26)27)11-17(10-15)24(28,29)30/h2-3,5-6,9-11,13H,4,7-8,12H2,1H3,(H,31,32,33). The molecule has 0 fully saturated rings. The van der Waals surface area contributed by atoms with Gasteiger partial charge in [0, 0.05) is 25.2 Å². The smallest absolute Gasteiger partial charge is 0.369 e. The maximum Gasteiger partial charge on any atom is 0.416 e. The number of hydrogen-bond acceptors (Lipinski definition) is 4. The second-order valence-corrected chi connectivity index (χ2v) is 8.18. The van der Waals surface area contributed by atoms with Crippen LogP contribution in [0, 0.1) is 6.92 Å². The Kier molecular flexibility index (Phi) is 6.44. The van der Waals surface area contributed by atoms with Crippen LogP contribution in [0.5, 0.6) is 0 Å². The molecular formula is C24H20F6N4O. The van der Waals surface area contributed by atoms with Gasteiger partial charge in [-0.15, -0.1) is 0 Å². The number of aromatic nitrogens is 2. The van der Waals surface area contributed by atoms with Crippen molar-refractivity contribution in [2.45, 2.75) is 32.2 Å². The molecule has 3 aromatic rings. The third-order valence-electron chi connectivity index (χ3n) is 5.67. The SMILES string of the molecule is Cc1ccccc1-c1ncnc2c1C(=O)N(Cc1cc(C(F)(F)F)cc(C(F)(F)F)c1)CCCN2. The highest BCUT2D eigenvalue weighted by Gasteiger charge is 2.37. The van der Waals surface area contributed by atoms with E-state index in [9.17, 15) is 31.1 Å². The fourth-order valence-electron chi connectivity index (χ4n) is 3.98. The quantitative estimate of drug-likeness (QED) is 0.458. The van der Waals surface area contributed by atoms with Crippen LogP contribution in [0.1, 0.15) is 39.0 Å². The van der Waals surface area contributed by atoms with Gasteiger partial charge in [0.1, 0.15) is 17.7 Å². The van der Waals surface area contributed by atoms with Crippen molar-refractivity contribution in [1.82, 2.24) is 14.9 Å². The van der Waals surface area contributed by atoms with Crippen molar-refractivity contribution in [3.8, 4) is 11.3 Å². The number of amides is 1. The summed E-state index contributed by atoms with van der Waals surface area (Å²) in [6.45, 7) is 1.92. The van der Waals surface area contributed by atoms with E-state index >= 15 is 0 Å². The van der Waals surface area contributed by atoms with E-state index in [2.05, 4.69) is 15.3 Å². The van der Waals surface area contributed by atoms with Gasteiger partial charge in [-0.1, -0.05) is 24.3 Å². The zero-order valence-electron chi connectivity index (χ0n) is 18.5. The van der Waals surface area contributed by atoms with Crippen LogP contribution in [0.25, 0.3) is 11.3 Å². The molecule has 35 heavy (non-hydrogen) atoms. The molecule has 5 nitrogen and oxygen atoms in total. The molecule has 0 spiro atoms. The Morgan fingerprint density at radius 1 is 0.971 bits per heavy atom. The predicted molar refractivity (Wildman–Crippen MR) is 116 cm³/mol. The zero-order chi connectivity index (χ0) is 25.4. The highest BCUT2D eigenvalue weighted by molar-refractivity contribution is 6.04. The number of hydrogen-bond donors (Lipinski definition) is 1. The summed E-state index contributed by atoms with van der Waals surface area (Å²) in [5.41, 5.74) is -1.17. The van der Waals surface area contributed by atoms with Crippen molar-refractivity contribution in [2.75, 3.05) is 18.4 Å². The van der Waals surface area contributed by atoms with Crippen LogP contribution in [-0.4, -0.2) is 33.9 Å². The molecule has 0 bridgehead atoms. The number of alkyl halides is 6. The van der Waals surface area contributed by atoms with Gasteiger partial charge < -0.3 is 10.2 Å².